The number of carboxylic acid groups (broad SMARTS) is 1. The Hall–Kier alpha value is -1.36. The first-order valence-corrected chi connectivity index (χ1v) is 4.63. The summed E-state index contributed by atoms with van der Waals surface area (Å²) in [4.78, 5) is 13.0. The number of nitrogens with one attached hydrogen (secondary N) is 1. The normalized spacial score (nSPS) is 16.2. The molecule has 14 heavy (non-hydrogen) atoms. The molecule has 0 unspecified atom stereocenters. The number of aromatic amines is 1. The minimum atomic E-state index is -0.951. The third-order valence-electron chi connectivity index (χ3n) is 2.61. The van der Waals surface area contributed by atoms with E-state index < -0.39 is 5.97 Å². The summed E-state index contributed by atoms with van der Waals surface area (Å²) in [5.41, 5.74) is 1.95. The maximum atomic E-state index is 10.8. The van der Waals surface area contributed by atoms with Crippen LogP contribution >= 0.6 is 0 Å². The largest absolute Gasteiger partial charge is 0.476 e. The van der Waals surface area contributed by atoms with Crippen molar-refractivity contribution >= 4 is 5.97 Å². The fraction of sp³-hybridized carbons (Fsp3) is 0.556. The van der Waals surface area contributed by atoms with Crippen LogP contribution in [0.2, 0.25) is 0 Å². The van der Waals surface area contributed by atoms with Crippen LogP contribution in [0.1, 0.15) is 35.6 Å². The van der Waals surface area contributed by atoms with E-state index in [1.165, 1.54) is 0 Å². The number of nitrogens with zero attached hydrogens (tertiary/aromatic N) is 2. The first kappa shape index (κ1) is 9.21. The minimum absolute atomic E-state index is 0.170. The number of aromatic carboxylic acids is 1. The van der Waals surface area contributed by atoms with Gasteiger partial charge in [-0.15, -0.1) is 0 Å². The molecule has 1 aliphatic rings. The van der Waals surface area contributed by atoms with Gasteiger partial charge in [-0.1, -0.05) is 0 Å². The van der Waals surface area contributed by atoms with Crippen molar-refractivity contribution in [2.45, 2.75) is 33.0 Å². The van der Waals surface area contributed by atoms with E-state index in [4.69, 9.17) is 5.11 Å². The van der Waals surface area contributed by atoms with Crippen LogP contribution in [-0.4, -0.2) is 32.2 Å². The molecule has 5 heteroatoms. The molecule has 2 rings (SSSR count). The molecule has 0 saturated heterocycles. The smallest absolute Gasteiger partial charge is 0.356 e. The molecule has 5 nitrogen and oxygen atoms in total. The zero-order valence-corrected chi connectivity index (χ0v) is 8.24. The first-order chi connectivity index (χ1) is 6.59. The molecule has 1 aromatic rings. The van der Waals surface area contributed by atoms with Crippen LogP contribution in [0.15, 0.2) is 0 Å². The highest BCUT2D eigenvalue weighted by Gasteiger charge is 2.28. The second-order valence-corrected chi connectivity index (χ2v) is 3.83. The van der Waals surface area contributed by atoms with Crippen molar-refractivity contribution in [3.63, 3.8) is 0 Å². The molecule has 0 saturated carbocycles. The monoisotopic (exact) mass is 195 g/mol. The van der Waals surface area contributed by atoms with E-state index in [2.05, 4.69) is 28.9 Å². The van der Waals surface area contributed by atoms with Crippen LogP contribution in [-0.2, 0) is 13.1 Å². The number of carbonyl (C=O) groups is 1. The highest BCUT2D eigenvalue weighted by Crippen LogP contribution is 2.25. The molecule has 1 aromatic heterocycles. The zero-order valence-electron chi connectivity index (χ0n) is 8.24. The molecule has 0 spiro atoms. The summed E-state index contributed by atoms with van der Waals surface area (Å²) in [7, 11) is 0. The van der Waals surface area contributed by atoms with Crippen LogP contribution < -0.4 is 0 Å². The average molecular weight is 195 g/mol. The topological polar surface area (TPSA) is 69.2 Å². The Kier molecular flexibility index (Phi) is 2.03. The number of aromatic nitrogens is 2. The maximum absolute atomic E-state index is 10.8. The highest BCUT2D eigenvalue weighted by atomic mass is 16.4. The van der Waals surface area contributed by atoms with E-state index in [1.807, 2.05) is 0 Å². The molecule has 1 aliphatic heterocycles. The van der Waals surface area contributed by atoms with Crippen molar-refractivity contribution in [3.05, 3.63) is 17.0 Å². The van der Waals surface area contributed by atoms with Crippen LogP contribution in [0.25, 0.3) is 0 Å². The van der Waals surface area contributed by atoms with Gasteiger partial charge in [-0.25, -0.2) is 4.79 Å². The summed E-state index contributed by atoms with van der Waals surface area (Å²) in [6, 6.07) is 0.428. The van der Waals surface area contributed by atoms with Gasteiger partial charge >= 0.3 is 5.97 Å². The molecule has 0 aliphatic carbocycles. The van der Waals surface area contributed by atoms with Crippen LogP contribution in [0, 0.1) is 0 Å². The number of hydrogen-bond acceptors (Lipinski definition) is 3. The Morgan fingerprint density at radius 2 is 2.29 bits per heavy atom. The van der Waals surface area contributed by atoms with Gasteiger partial charge in [0.1, 0.15) is 0 Å². The van der Waals surface area contributed by atoms with Crippen LogP contribution in [0.5, 0.6) is 0 Å². The second kappa shape index (κ2) is 3.09. The van der Waals surface area contributed by atoms with E-state index in [9.17, 15) is 4.79 Å². The average Bonchev–Trinajstić information content (AvgIpc) is 2.58. The van der Waals surface area contributed by atoms with E-state index in [0.29, 0.717) is 12.6 Å². The van der Waals surface area contributed by atoms with Crippen molar-refractivity contribution in [3.8, 4) is 0 Å². The van der Waals surface area contributed by atoms with Gasteiger partial charge in [-0.05, 0) is 13.8 Å². The van der Waals surface area contributed by atoms with E-state index >= 15 is 0 Å². The predicted octanol–water partition coefficient (Wildman–Crippen LogP) is 0.832. The molecule has 0 radical (unpaired) electrons. The fourth-order valence-electron chi connectivity index (χ4n) is 1.71. The van der Waals surface area contributed by atoms with Crippen molar-refractivity contribution in [1.82, 2.24) is 15.1 Å². The van der Waals surface area contributed by atoms with Gasteiger partial charge in [0.2, 0.25) is 0 Å². The number of fused-ring (bicyclic) bond motifs is 1. The van der Waals surface area contributed by atoms with E-state index in [1.54, 1.807) is 0 Å². The van der Waals surface area contributed by atoms with Gasteiger partial charge in [0.25, 0.3) is 0 Å². The Bertz CT molecular complexity index is 370. The lowest BCUT2D eigenvalue weighted by Crippen LogP contribution is -2.25. The minimum Gasteiger partial charge on any atom is -0.476 e. The fourth-order valence-corrected chi connectivity index (χ4v) is 1.71. The van der Waals surface area contributed by atoms with Gasteiger partial charge in [-0.3, -0.25) is 10.00 Å². The number of rotatable bonds is 2. The molecule has 0 amide bonds. The Balaban J connectivity index is 2.28. The molecule has 0 fully saturated rings. The molecule has 76 valence electrons. The number of carboxylic acids is 1. The summed E-state index contributed by atoms with van der Waals surface area (Å²) in [6.07, 6.45) is 0. The lowest BCUT2D eigenvalue weighted by atomic mass is 10.2. The Morgan fingerprint density at radius 3 is 2.86 bits per heavy atom. The molecular weight excluding hydrogens is 182 g/mol. The van der Waals surface area contributed by atoms with Crippen LogP contribution in [0.3, 0.4) is 0 Å². The van der Waals surface area contributed by atoms with E-state index in [-0.39, 0.29) is 5.69 Å². The lowest BCUT2D eigenvalue weighted by Gasteiger charge is -2.19. The Morgan fingerprint density at radius 1 is 1.57 bits per heavy atom. The standard InChI is InChI=1S/C9H13N3O2/c1-5(2)12-3-6-7(4-12)10-11-8(6)9(13)14/h5H,3-4H2,1-2H3,(H,10,11)(H,13,14). The summed E-state index contributed by atoms with van der Waals surface area (Å²) in [5.74, 6) is -0.951. The lowest BCUT2D eigenvalue weighted by molar-refractivity contribution is 0.0688. The van der Waals surface area contributed by atoms with Crippen molar-refractivity contribution in [2.75, 3.05) is 0 Å². The van der Waals surface area contributed by atoms with Gasteiger partial charge in [0.05, 0.1) is 5.69 Å². The predicted molar refractivity (Wildman–Crippen MR) is 49.9 cm³/mol. The third-order valence-corrected chi connectivity index (χ3v) is 2.61. The summed E-state index contributed by atoms with van der Waals surface area (Å²) in [5, 5.41) is 15.4. The molecule has 2 N–H and O–H groups in total. The number of H-pyrrole nitrogens is 1. The van der Waals surface area contributed by atoms with Crippen LogP contribution in [0.4, 0.5) is 0 Å². The second-order valence-electron chi connectivity index (χ2n) is 3.83. The SMILES string of the molecule is CC(C)N1Cc2[nH]nc(C(=O)O)c2C1. The third kappa shape index (κ3) is 1.29. The van der Waals surface area contributed by atoms with Gasteiger partial charge in [0, 0.05) is 24.7 Å². The molecule has 0 bridgehead atoms. The first-order valence-electron chi connectivity index (χ1n) is 4.63. The van der Waals surface area contributed by atoms with Crippen molar-refractivity contribution < 1.29 is 9.90 Å². The zero-order chi connectivity index (χ0) is 10.3. The molecular formula is C9H13N3O2. The van der Waals surface area contributed by atoms with E-state index in [0.717, 1.165) is 17.8 Å². The van der Waals surface area contributed by atoms with Gasteiger partial charge in [-0.2, -0.15) is 5.10 Å². The molecule has 2 heterocycles. The van der Waals surface area contributed by atoms with Crippen molar-refractivity contribution in [2.24, 2.45) is 0 Å². The summed E-state index contributed by atoms with van der Waals surface area (Å²) < 4.78 is 0. The van der Waals surface area contributed by atoms with Crippen molar-refractivity contribution in [1.29, 1.82) is 0 Å². The van der Waals surface area contributed by atoms with Gasteiger partial charge in [0.15, 0.2) is 5.69 Å². The Labute approximate surface area is 81.7 Å². The highest BCUT2D eigenvalue weighted by molar-refractivity contribution is 5.87. The summed E-state index contributed by atoms with van der Waals surface area (Å²) in [6.45, 7) is 5.65. The molecule has 0 aromatic carbocycles. The number of hydrogen-bond donors (Lipinski definition) is 2. The van der Waals surface area contributed by atoms with Gasteiger partial charge < -0.3 is 5.11 Å². The quantitative estimate of drug-likeness (QED) is 0.733. The molecule has 0 atom stereocenters. The summed E-state index contributed by atoms with van der Waals surface area (Å²) >= 11 is 0. The maximum Gasteiger partial charge on any atom is 0.356 e.